The van der Waals surface area contributed by atoms with Gasteiger partial charge >= 0.3 is 0 Å². The second kappa shape index (κ2) is 5.58. The smallest absolute Gasteiger partial charge is 0.284 e. The Labute approximate surface area is 129 Å². The van der Waals surface area contributed by atoms with Gasteiger partial charge in [0.2, 0.25) is 0 Å². The average Bonchev–Trinajstić information content (AvgIpc) is 2.38. The Morgan fingerprint density at radius 1 is 1.23 bits per heavy atom. The van der Waals surface area contributed by atoms with Crippen LogP contribution in [0.2, 0.25) is 0 Å². The van der Waals surface area contributed by atoms with Crippen molar-refractivity contribution in [2.24, 2.45) is 0 Å². The summed E-state index contributed by atoms with van der Waals surface area (Å²) in [5.41, 5.74) is 2.71. The van der Waals surface area contributed by atoms with Gasteiger partial charge < -0.3 is 9.29 Å². The second-order valence-electron chi connectivity index (χ2n) is 5.13. The number of pyridine rings is 1. The number of ether oxygens (including phenoxy) is 1. The summed E-state index contributed by atoms with van der Waals surface area (Å²) in [6.07, 6.45) is 1.63. The van der Waals surface area contributed by atoms with Crippen LogP contribution >= 0.6 is 0 Å². The Balaban J connectivity index is 2.95. The lowest BCUT2D eigenvalue weighted by Crippen LogP contribution is -2.46. The largest absolute Gasteiger partial charge is 0.744 e. The molecule has 0 fully saturated rings. The number of nitrogens with zero attached hydrogens (tertiary/aromatic N) is 1. The summed E-state index contributed by atoms with van der Waals surface area (Å²) in [5, 5.41) is 0. The molecular formula is C15H18N2O4S. The van der Waals surface area contributed by atoms with E-state index in [2.05, 4.69) is 0 Å². The normalized spacial score (nSPS) is 11.5. The van der Waals surface area contributed by atoms with Gasteiger partial charge in [-0.15, -0.1) is 0 Å². The molecule has 1 heterocycles. The molecule has 118 valence electrons. The van der Waals surface area contributed by atoms with Crippen LogP contribution in [0.5, 0.6) is 5.75 Å². The van der Waals surface area contributed by atoms with Gasteiger partial charge in [-0.2, -0.15) is 0 Å². The van der Waals surface area contributed by atoms with E-state index in [9.17, 15) is 13.0 Å². The number of hydrogen-bond donors (Lipinski definition) is 1. The fraction of sp³-hybridized carbons (Fsp3) is 0.267. The van der Waals surface area contributed by atoms with Crippen molar-refractivity contribution in [1.29, 1.82) is 0 Å². The summed E-state index contributed by atoms with van der Waals surface area (Å²) in [6, 6.07) is 5.11. The monoisotopic (exact) mass is 322 g/mol. The third-order valence-corrected chi connectivity index (χ3v) is 4.72. The lowest BCUT2D eigenvalue weighted by molar-refractivity contribution is -0.627. The zero-order chi connectivity index (χ0) is 16.7. The van der Waals surface area contributed by atoms with Gasteiger partial charge in [-0.3, -0.25) is 0 Å². The number of nitrogen functional groups attached to an aromatic ring is 1. The maximum atomic E-state index is 11.6. The van der Waals surface area contributed by atoms with E-state index in [1.54, 1.807) is 38.2 Å². The van der Waals surface area contributed by atoms with Crippen molar-refractivity contribution in [2.45, 2.75) is 25.7 Å². The highest BCUT2D eigenvalue weighted by Gasteiger charge is 2.26. The van der Waals surface area contributed by atoms with Crippen LogP contribution in [0, 0.1) is 20.8 Å². The maximum Gasteiger partial charge on any atom is 0.284 e. The van der Waals surface area contributed by atoms with Crippen LogP contribution in [0.15, 0.2) is 29.3 Å². The van der Waals surface area contributed by atoms with E-state index < -0.39 is 10.1 Å². The molecule has 0 aliphatic carbocycles. The fourth-order valence-corrected chi connectivity index (χ4v) is 3.77. The SMILES string of the molecule is COc1ccc[n+](N)c1-c1c(C)cc(C)c(S(=O)(=O)[O-])c1C. The second-order valence-corrected chi connectivity index (χ2v) is 6.44. The summed E-state index contributed by atoms with van der Waals surface area (Å²) in [7, 11) is -3.08. The summed E-state index contributed by atoms with van der Waals surface area (Å²) < 4.78 is 41.4. The molecule has 0 aliphatic rings. The molecule has 1 aromatic heterocycles. The molecule has 22 heavy (non-hydrogen) atoms. The Hall–Kier alpha value is -2.12. The van der Waals surface area contributed by atoms with Crippen molar-refractivity contribution in [3.8, 4) is 17.0 Å². The third kappa shape index (κ3) is 2.65. The summed E-state index contributed by atoms with van der Waals surface area (Å²) in [4.78, 5) is -0.209. The first-order valence-corrected chi connectivity index (χ1v) is 8.00. The first-order valence-electron chi connectivity index (χ1n) is 6.59. The molecule has 1 aromatic carbocycles. The molecule has 0 saturated carbocycles. The number of hydrogen-bond acceptors (Lipinski definition) is 5. The van der Waals surface area contributed by atoms with E-state index >= 15 is 0 Å². The zero-order valence-corrected chi connectivity index (χ0v) is 13.7. The Morgan fingerprint density at radius 3 is 2.41 bits per heavy atom. The minimum Gasteiger partial charge on any atom is -0.744 e. The molecule has 2 N–H and O–H groups in total. The van der Waals surface area contributed by atoms with Gasteiger partial charge in [0.1, 0.15) is 10.1 Å². The molecule has 6 nitrogen and oxygen atoms in total. The molecule has 0 radical (unpaired) electrons. The summed E-state index contributed by atoms with van der Waals surface area (Å²) in [5.74, 6) is 6.47. The molecule has 0 saturated heterocycles. The minimum atomic E-state index is -4.58. The first kappa shape index (κ1) is 16.3. The van der Waals surface area contributed by atoms with Crippen molar-refractivity contribution in [3.05, 3.63) is 41.1 Å². The number of rotatable bonds is 3. The van der Waals surface area contributed by atoms with Crippen LogP contribution in [-0.2, 0) is 10.1 Å². The van der Waals surface area contributed by atoms with Crippen LogP contribution in [0.1, 0.15) is 16.7 Å². The van der Waals surface area contributed by atoms with Gasteiger partial charge in [-0.05, 0) is 43.5 Å². The molecular weight excluding hydrogens is 304 g/mol. The highest BCUT2D eigenvalue weighted by molar-refractivity contribution is 7.85. The van der Waals surface area contributed by atoms with Crippen molar-refractivity contribution < 1.29 is 22.4 Å². The van der Waals surface area contributed by atoms with E-state index in [0.29, 0.717) is 28.1 Å². The Morgan fingerprint density at radius 2 is 1.86 bits per heavy atom. The molecule has 0 spiro atoms. The highest BCUT2D eigenvalue weighted by atomic mass is 32.2. The third-order valence-electron chi connectivity index (χ3n) is 3.59. The standard InChI is InChI=1S/C15H18N2O4S/c1-9-8-10(2)15(22(18,19)20)11(3)13(9)14-12(21-4)6-5-7-17(14)16/h5-8H,16H2,1-4H3. The molecule has 0 bridgehead atoms. The van der Waals surface area contributed by atoms with Crippen LogP contribution < -0.4 is 15.3 Å². The minimum absolute atomic E-state index is 0.209. The number of benzene rings is 1. The van der Waals surface area contributed by atoms with E-state index in [4.69, 9.17) is 10.6 Å². The van der Waals surface area contributed by atoms with Gasteiger partial charge in [-0.1, -0.05) is 10.7 Å². The molecule has 0 aliphatic heterocycles. The zero-order valence-electron chi connectivity index (χ0n) is 12.9. The molecule has 0 amide bonds. The molecule has 0 unspecified atom stereocenters. The lowest BCUT2D eigenvalue weighted by Gasteiger charge is -2.18. The van der Waals surface area contributed by atoms with Crippen LogP contribution in [0.3, 0.4) is 0 Å². The van der Waals surface area contributed by atoms with Crippen molar-refractivity contribution >= 4 is 10.1 Å². The maximum absolute atomic E-state index is 11.6. The summed E-state index contributed by atoms with van der Waals surface area (Å²) >= 11 is 0. The fourth-order valence-electron chi connectivity index (χ4n) is 2.84. The quantitative estimate of drug-likeness (QED) is 0.520. The number of nitrogens with two attached hydrogens (primary N) is 1. The number of aromatic nitrogens is 1. The van der Waals surface area contributed by atoms with Crippen LogP contribution in [0.25, 0.3) is 11.3 Å². The Bertz CT molecular complexity index is 845. The lowest BCUT2D eigenvalue weighted by atomic mass is 9.96. The van der Waals surface area contributed by atoms with Crippen molar-refractivity contribution in [3.63, 3.8) is 0 Å². The number of aryl methyl sites for hydroxylation is 2. The summed E-state index contributed by atoms with van der Waals surface area (Å²) in [6.45, 7) is 5.04. The molecule has 7 heteroatoms. The Kier molecular flexibility index (Phi) is 4.12. The van der Waals surface area contributed by atoms with E-state index in [0.717, 1.165) is 5.56 Å². The van der Waals surface area contributed by atoms with E-state index in [-0.39, 0.29) is 4.90 Å². The van der Waals surface area contributed by atoms with Gasteiger partial charge in [0.15, 0.2) is 11.9 Å². The van der Waals surface area contributed by atoms with Gasteiger partial charge in [0.25, 0.3) is 5.69 Å². The first-order chi connectivity index (χ1) is 10.2. The van der Waals surface area contributed by atoms with Crippen molar-refractivity contribution in [2.75, 3.05) is 13.0 Å². The van der Waals surface area contributed by atoms with Crippen molar-refractivity contribution in [1.82, 2.24) is 0 Å². The van der Waals surface area contributed by atoms with Gasteiger partial charge in [-0.25, -0.2) is 14.3 Å². The molecule has 0 atom stereocenters. The average molecular weight is 322 g/mol. The molecule has 2 rings (SSSR count). The highest BCUT2D eigenvalue weighted by Crippen LogP contribution is 2.35. The molecule has 2 aromatic rings. The van der Waals surface area contributed by atoms with Crippen LogP contribution in [-0.4, -0.2) is 20.1 Å². The van der Waals surface area contributed by atoms with E-state index in [1.165, 1.54) is 11.8 Å². The number of methoxy groups -OCH3 is 1. The van der Waals surface area contributed by atoms with Gasteiger partial charge in [0.05, 0.1) is 17.6 Å². The van der Waals surface area contributed by atoms with Gasteiger partial charge in [0, 0.05) is 6.07 Å². The van der Waals surface area contributed by atoms with Crippen LogP contribution in [0.4, 0.5) is 0 Å². The predicted octanol–water partition coefficient (Wildman–Crippen LogP) is 1.19. The predicted molar refractivity (Wildman–Crippen MR) is 80.9 cm³/mol. The van der Waals surface area contributed by atoms with E-state index in [1.807, 2.05) is 6.92 Å². The topological polar surface area (TPSA) is 96.3 Å².